The molecule has 0 aliphatic heterocycles. The van der Waals surface area contributed by atoms with Crippen LogP contribution in [0.5, 0.6) is 0 Å². The van der Waals surface area contributed by atoms with E-state index in [0.29, 0.717) is 11.5 Å². The SMILES string of the molecule is O=C(/C=C/c1ccc(CNS(=O)(=O)c2ccccc2)o1)NC1CCCCC1. The Kier molecular flexibility index (Phi) is 6.47. The smallest absolute Gasteiger partial charge is 0.244 e. The minimum atomic E-state index is -3.58. The zero-order valence-electron chi connectivity index (χ0n) is 15.1. The lowest BCUT2D eigenvalue weighted by molar-refractivity contribution is -0.117. The summed E-state index contributed by atoms with van der Waals surface area (Å²) in [5.41, 5.74) is 0. The van der Waals surface area contributed by atoms with E-state index in [0.717, 1.165) is 25.7 Å². The summed E-state index contributed by atoms with van der Waals surface area (Å²) in [6, 6.07) is 11.8. The molecule has 144 valence electrons. The zero-order chi connectivity index (χ0) is 19.1. The monoisotopic (exact) mass is 388 g/mol. The highest BCUT2D eigenvalue weighted by molar-refractivity contribution is 7.89. The van der Waals surface area contributed by atoms with Crippen molar-refractivity contribution in [2.75, 3.05) is 0 Å². The van der Waals surface area contributed by atoms with Crippen molar-refractivity contribution in [3.63, 3.8) is 0 Å². The van der Waals surface area contributed by atoms with Crippen molar-refractivity contribution >= 4 is 22.0 Å². The van der Waals surface area contributed by atoms with Crippen molar-refractivity contribution in [2.45, 2.75) is 49.6 Å². The molecule has 0 spiro atoms. The van der Waals surface area contributed by atoms with Gasteiger partial charge in [0, 0.05) is 12.1 Å². The van der Waals surface area contributed by atoms with Crippen molar-refractivity contribution in [3.05, 3.63) is 60.1 Å². The van der Waals surface area contributed by atoms with Gasteiger partial charge >= 0.3 is 0 Å². The van der Waals surface area contributed by atoms with Crippen LogP contribution in [0.15, 0.2) is 57.9 Å². The summed E-state index contributed by atoms with van der Waals surface area (Å²) in [6.07, 6.45) is 8.67. The fourth-order valence-corrected chi connectivity index (χ4v) is 4.10. The maximum Gasteiger partial charge on any atom is 0.244 e. The molecule has 1 amide bonds. The van der Waals surface area contributed by atoms with Crippen molar-refractivity contribution in [2.24, 2.45) is 0 Å². The Morgan fingerprint density at radius 3 is 2.56 bits per heavy atom. The number of nitrogens with one attached hydrogen (secondary N) is 2. The summed E-state index contributed by atoms with van der Waals surface area (Å²) in [4.78, 5) is 12.2. The molecule has 1 fully saturated rings. The molecule has 1 aliphatic rings. The quantitative estimate of drug-likeness (QED) is 0.713. The predicted molar refractivity (Wildman–Crippen MR) is 103 cm³/mol. The van der Waals surface area contributed by atoms with Gasteiger partial charge in [0.15, 0.2) is 0 Å². The van der Waals surface area contributed by atoms with Crippen molar-refractivity contribution in [3.8, 4) is 0 Å². The maximum absolute atomic E-state index is 12.2. The van der Waals surface area contributed by atoms with E-state index in [9.17, 15) is 13.2 Å². The fourth-order valence-electron chi connectivity index (χ4n) is 3.08. The van der Waals surface area contributed by atoms with Gasteiger partial charge in [-0.1, -0.05) is 37.5 Å². The zero-order valence-corrected chi connectivity index (χ0v) is 15.9. The lowest BCUT2D eigenvalue weighted by atomic mass is 9.95. The van der Waals surface area contributed by atoms with Crippen LogP contribution in [0.1, 0.15) is 43.6 Å². The molecule has 1 saturated carbocycles. The fraction of sp³-hybridized carbons (Fsp3) is 0.350. The highest BCUT2D eigenvalue weighted by Crippen LogP contribution is 2.17. The molecular formula is C20H24N2O4S. The van der Waals surface area contributed by atoms with Crippen molar-refractivity contribution < 1.29 is 17.6 Å². The second kappa shape index (κ2) is 9.01. The van der Waals surface area contributed by atoms with Gasteiger partial charge in [-0.15, -0.1) is 0 Å². The van der Waals surface area contributed by atoms with Crippen LogP contribution in [0.2, 0.25) is 0 Å². The third kappa shape index (κ3) is 5.80. The summed E-state index contributed by atoms with van der Waals surface area (Å²) in [7, 11) is -3.58. The third-order valence-corrected chi connectivity index (χ3v) is 5.94. The number of hydrogen-bond donors (Lipinski definition) is 2. The normalized spacial score (nSPS) is 15.9. The molecule has 6 nitrogen and oxygen atoms in total. The highest BCUT2D eigenvalue weighted by Gasteiger charge is 2.15. The Balaban J connectivity index is 1.51. The summed E-state index contributed by atoms with van der Waals surface area (Å²) >= 11 is 0. The Bertz CT molecular complexity index is 882. The number of rotatable bonds is 7. The molecule has 0 saturated heterocycles. The van der Waals surface area contributed by atoms with Crippen LogP contribution in [0.4, 0.5) is 0 Å². The predicted octanol–water partition coefficient (Wildman–Crippen LogP) is 3.22. The van der Waals surface area contributed by atoms with Crippen LogP contribution in [0.25, 0.3) is 6.08 Å². The van der Waals surface area contributed by atoms with E-state index >= 15 is 0 Å². The lowest BCUT2D eigenvalue weighted by Crippen LogP contribution is -2.34. The number of carbonyl (C=O) groups is 1. The molecule has 7 heteroatoms. The van der Waals surface area contributed by atoms with Gasteiger partial charge in [-0.05, 0) is 43.2 Å². The molecule has 2 aromatic rings. The molecule has 0 radical (unpaired) electrons. The Morgan fingerprint density at radius 2 is 1.81 bits per heavy atom. The first-order valence-corrected chi connectivity index (χ1v) is 10.6. The third-order valence-electron chi connectivity index (χ3n) is 4.52. The van der Waals surface area contributed by atoms with Crippen LogP contribution in [-0.4, -0.2) is 20.4 Å². The first-order chi connectivity index (χ1) is 13.0. The Morgan fingerprint density at radius 1 is 1.07 bits per heavy atom. The molecule has 2 N–H and O–H groups in total. The number of hydrogen-bond acceptors (Lipinski definition) is 4. The molecule has 1 heterocycles. The first-order valence-electron chi connectivity index (χ1n) is 9.15. The minimum Gasteiger partial charge on any atom is -0.460 e. The summed E-state index contributed by atoms with van der Waals surface area (Å²) < 4.78 is 32.5. The van der Waals surface area contributed by atoms with Crippen LogP contribution in [0.3, 0.4) is 0 Å². The van der Waals surface area contributed by atoms with E-state index < -0.39 is 10.0 Å². The largest absolute Gasteiger partial charge is 0.460 e. The van der Waals surface area contributed by atoms with E-state index in [2.05, 4.69) is 10.0 Å². The molecule has 3 rings (SSSR count). The number of furan rings is 1. The molecule has 1 aliphatic carbocycles. The molecule has 0 unspecified atom stereocenters. The number of carbonyl (C=O) groups excluding carboxylic acids is 1. The van der Waals surface area contributed by atoms with E-state index in [1.807, 2.05) is 0 Å². The average molecular weight is 388 g/mol. The first kappa shape index (κ1) is 19.4. The average Bonchev–Trinajstić information content (AvgIpc) is 3.14. The van der Waals surface area contributed by atoms with Gasteiger partial charge in [0.2, 0.25) is 15.9 Å². The van der Waals surface area contributed by atoms with Crippen LogP contribution >= 0.6 is 0 Å². The summed E-state index contributed by atoms with van der Waals surface area (Å²) in [5, 5.41) is 3.00. The summed E-state index contributed by atoms with van der Waals surface area (Å²) in [6.45, 7) is 0.0410. The number of amides is 1. The molecule has 27 heavy (non-hydrogen) atoms. The van der Waals surface area contributed by atoms with Crippen molar-refractivity contribution in [1.29, 1.82) is 0 Å². The number of benzene rings is 1. The van der Waals surface area contributed by atoms with Gasteiger partial charge in [-0.2, -0.15) is 0 Å². The van der Waals surface area contributed by atoms with E-state index in [1.165, 1.54) is 24.6 Å². The second-order valence-corrected chi connectivity index (χ2v) is 8.39. The molecular weight excluding hydrogens is 364 g/mol. The molecule has 0 atom stereocenters. The second-order valence-electron chi connectivity index (χ2n) is 6.62. The Hall–Kier alpha value is -2.38. The molecule has 0 bridgehead atoms. The van der Waals surface area contributed by atoms with Gasteiger partial charge in [-0.3, -0.25) is 4.79 Å². The minimum absolute atomic E-state index is 0.0410. The van der Waals surface area contributed by atoms with E-state index in [-0.39, 0.29) is 23.4 Å². The Labute approximate surface area is 159 Å². The summed E-state index contributed by atoms with van der Waals surface area (Å²) in [5.74, 6) is 0.842. The van der Waals surface area contributed by atoms with Gasteiger partial charge in [-0.25, -0.2) is 13.1 Å². The molecule has 1 aromatic heterocycles. The van der Waals surface area contributed by atoms with E-state index in [1.54, 1.807) is 36.4 Å². The lowest BCUT2D eigenvalue weighted by Gasteiger charge is -2.21. The van der Waals surface area contributed by atoms with Crippen LogP contribution < -0.4 is 10.0 Å². The number of sulfonamides is 1. The topological polar surface area (TPSA) is 88.4 Å². The highest BCUT2D eigenvalue weighted by atomic mass is 32.2. The van der Waals surface area contributed by atoms with E-state index in [4.69, 9.17) is 4.42 Å². The van der Waals surface area contributed by atoms with Gasteiger partial charge < -0.3 is 9.73 Å². The standard InChI is InChI=1S/C20H24N2O4S/c23-20(22-16-7-3-1-4-8-16)14-13-17-11-12-18(26-17)15-21-27(24,25)19-9-5-2-6-10-19/h2,5-6,9-14,16,21H,1,3-4,7-8,15H2,(H,22,23)/b14-13+. The van der Waals surface area contributed by atoms with Crippen LogP contribution in [-0.2, 0) is 21.4 Å². The van der Waals surface area contributed by atoms with Gasteiger partial charge in [0.1, 0.15) is 11.5 Å². The molecule has 1 aromatic carbocycles. The maximum atomic E-state index is 12.2. The van der Waals surface area contributed by atoms with Crippen LogP contribution in [0, 0.1) is 0 Å². The van der Waals surface area contributed by atoms with Gasteiger partial charge in [0.25, 0.3) is 0 Å². The van der Waals surface area contributed by atoms with Crippen molar-refractivity contribution in [1.82, 2.24) is 10.0 Å². The van der Waals surface area contributed by atoms with Gasteiger partial charge in [0.05, 0.1) is 11.4 Å².